The van der Waals surface area contributed by atoms with Crippen LogP contribution in [0.25, 0.3) is 10.9 Å². The number of carboxylic acid groups (broad SMARTS) is 1. The number of likely N-dealkylation sites (tertiary alicyclic amines) is 1. The van der Waals surface area contributed by atoms with Gasteiger partial charge in [0, 0.05) is 50.2 Å². The largest absolute Gasteiger partial charge is 0.481 e. The molecule has 3 atom stereocenters. The van der Waals surface area contributed by atoms with Crippen LogP contribution in [0.5, 0.6) is 5.75 Å². The van der Waals surface area contributed by atoms with Crippen molar-refractivity contribution in [2.75, 3.05) is 39.3 Å². The molecule has 5 amide bonds. The summed E-state index contributed by atoms with van der Waals surface area (Å²) in [7, 11) is 0. The van der Waals surface area contributed by atoms with Crippen LogP contribution in [0.1, 0.15) is 63.0 Å². The van der Waals surface area contributed by atoms with Crippen molar-refractivity contribution in [3.8, 4) is 5.75 Å². The number of carbonyl (C=O) groups excluding carboxylic acids is 5. The zero-order valence-electron chi connectivity index (χ0n) is 28.0. The Labute approximate surface area is 278 Å². The highest BCUT2D eigenvalue weighted by atomic mass is 16.6. The summed E-state index contributed by atoms with van der Waals surface area (Å²) in [5.74, 6) is -3.13. The maximum Gasteiger partial charge on any atom is 0.409 e. The predicted octanol–water partition coefficient (Wildman–Crippen LogP) is 1.70. The smallest absolute Gasteiger partial charge is 0.409 e. The number of benzene rings is 1. The lowest BCUT2D eigenvalue weighted by Crippen LogP contribution is -2.56. The molecule has 2 saturated heterocycles. The molecule has 3 N–H and O–H groups in total. The van der Waals surface area contributed by atoms with Crippen LogP contribution in [0.2, 0.25) is 0 Å². The quantitative estimate of drug-likeness (QED) is 0.318. The topological polar surface area (TPSA) is 188 Å². The van der Waals surface area contributed by atoms with Gasteiger partial charge in [0.05, 0.1) is 18.5 Å². The van der Waals surface area contributed by atoms with Crippen molar-refractivity contribution in [1.82, 2.24) is 30.3 Å². The van der Waals surface area contributed by atoms with E-state index in [0.717, 1.165) is 5.56 Å². The van der Waals surface area contributed by atoms with Crippen LogP contribution in [0, 0.1) is 6.92 Å². The summed E-state index contributed by atoms with van der Waals surface area (Å²) in [6.07, 6.45) is -0.978. The van der Waals surface area contributed by atoms with Gasteiger partial charge in [0.1, 0.15) is 23.5 Å². The maximum atomic E-state index is 13.6. The van der Waals surface area contributed by atoms with Crippen molar-refractivity contribution < 1.29 is 43.3 Å². The van der Waals surface area contributed by atoms with Gasteiger partial charge in [-0.1, -0.05) is 6.07 Å². The van der Waals surface area contributed by atoms with Gasteiger partial charge in [0.2, 0.25) is 11.8 Å². The van der Waals surface area contributed by atoms with E-state index in [1.807, 2.05) is 26.8 Å². The third-order valence-corrected chi connectivity index (χ3v) is 8.18. The first-order valence-electron chi connectivity index (χ1n) is 16.2. The standard InChI is InChI=1S/C33H44N6O9/c1-6-47-33(46)38-14-12-37(13-15-38)32(45)25(18-28(40)41)36-29(42)24-17-27(22-10-9-20(4)16-23(22)35-24)48-21(5)31(44)39-11-7-8-26(39)30(43)34-19(2)3/h9-10,16-17,19,21,25-26H,6-8,11-15,18H2,1-5H3,(H,34,43)(H,36,42)(H,40,41)/t21-,25?,26?/m0/s1. The number of hydrogen-bond donors (Lipinski definition) is 3. The number of hydrogen-bond acceptors (Lipinski definition) is 9. The lowest BCUT2D eigenvalue weighted by Gasteiger charge is -2.35. The molecule has 15 heteroatoms. The number of amides is 5. The van der Waals surface area contributed by atoms with Gasteiger partial charge >= 0.3 is 12.1 Å². The normalized spacial score (nSPS) is 17.5. The van der Waals surface area contributed by atoms with Crippen molar-refractivity contribution >= 4 is 46.6 Å². The van der Waals surface area contributed by atoms with Gasteiger partial charge in [0.25, 0.3) is 11.8 Å². The zero-order chi connectivity index (χ0) is 35.1. The number of aromatic nitrogens is 1. The lowest BCUT2D eigenvalue weighted by molar-refractivity contribution is -0.143. The zero-order valence-corrected chi connectivity index (χ0v) is 28.0. The van der Waals surface area contributed by atoms with Crippen molar-refractivity contribution in [2.24, 2.45) is 0 Å². The summed E-state index contributed by atoms with van der Waals surface area (Å²) in [6.45, 7) is 10.1. The molecule has 48 heavy (non-hydrogen) atoms. The first-order chi connectivity index (χ1) is 22.8. The highest BCUT2D eigenvalue weighted by Crippen LogP contribution is 2.29. The number of carboxylic acids is 1. The minimum absolute atomic E-state index is 0.0770. The molecule has 2 aliphatic rings. The molecule has 2 unspecified atom stereocenters. The third-order valence-electron chi connectivity index (χ3n) is 8.18. The molecule has 260 valence electrons. The summed E-state index contributed by atoms with van der Waals surface area (Å²) in [4.78, 5) is 85.9. The third kappa shape index (κ3) is 8.69. The lowest BCUT2D eigenvalue weighted by atomic mass is 10.1. The summed E-state index contributed by atoms with van der Waals surface area (Å²) >= 11 is 0. The van der Waals surface area contributed by atoms with Crippen LogP contribution in [0.4, 0.5) is 4.79 Å². The molecule has 0 bridgehead atoms. The minimum atomic E-state index is -1.41. The Morgan fingerprint density at radius 1 is 0.958 bits per heavy atom. The van der Waals surface area contributed by atoms with Gasteiger partial charge in [-0.2, -0.15) is 0 Å². The van der Waals surface area contributed by atoms with Gasteiger partial charge in [-0.15, -0.1) is 0 Å². The van der Waals surface area contributed by atoms with Crippen LogP contribution in [-0.4, -0.2) is 124 Å². The maximum absolute atomic E-state index is 13.6. The summed E-state index contributed by atoms with van der Waals surface area (Å²) in [5.41, 5.74) is 1.09. The SMILES string of the molecule is CCOC(=O)N1CCN(C(=O)C(CC(=O)O)NC(=O)c2cc(O[C@@H](C)C(=O)N3CCCC3C(=O)NC(C)C)c3ccc(C)cc3n2)CC1. The van der Waals surface area contributed by atoms with Crippen LogP contribution >= 0.6 is 0 Å². The number of nitrogens with zero attached hydrogens (tertiary/aromatic N) is 4. The molecular weight excluding hydrogens is 624 g/mol. The van der Waals surface area contributed by atoms with E-state index in [2.05, 4.69) is 15.6 Å². The average molecular weight is 669 g/mol. The second-order valence-corrected chi connectivity index (χ2v) is 12.3. The molecule has 3 heterocycles. The fraction of sp³-hybridized carbons (Fsp3) is 0.545. The molecule has 2 aliphatic heterocycles. The summed E-state index contributed by atoms with van der Waals surface area (Å²) in [5, 5.41) is 15.5. The Bertz CT molecular complexity index is 1560. The molecule has 0 aliphatic carbocycles. The van der Waals surface area contributed by atoms with Crippen molar-refractivity contribution in [3.63, 3.8) is 0 Å². The predicted molar refractivity (Wildman–Crippen MR) is 173 cm³/mol. The number of piperazine rings is 1. The number of aryl methyl sites for hydroxylation is 1. The minimum Gasteiger partial charge on any atom is -0.481 e. The number of carbonyl (C=O) groups is 6. The van der Waals surface area contributed by atoms with E-state index in [-0.39, 0.29) is 62.1 Å². The van der Waals surface area contributed by atoms with E-state index < -0.39 is 48.5 Å². The Morgan fingerprint density at radius 3 is 2.29 bits per heavy atom. The van der Waals surface area contributed by atoms with Crippen LogP contribution in [0.3, 0.4) is 0 Å². The molecule has 1 aromatic carbocycles. The van der Waals surface area contributed by atoms with Crippen LogP contribution < -0.4 is 15.4 Å². The van der Waals surface area contributed by atoms with Crippen LogP contribution in [0.15, 0.2) is 24.3 Å². The molecule has 15 nitrogen and oxygen atoms in total. The average Bonchev–Trinajstić information content (AvgIpc) is 3.53. The molecule has 1 aromatic heterocycles. The summed E-state index contributed by atoms with van der Waals surface area (Å²) in [6, 6.07) is 4.58. The Hall–Kier alpha value is -4.95. The van der Waals surface area contributed by atoms with E-state index in [4.69, 9.17) is 9.47 Å². The molecule has 2 aromatic rings. The Kier molecular flexibility index (Phi) is 11.8. The molecule has 0 spiro atoms. The van der Waals surface area contributed by atoms with E-state index in [0.29, 0.717) is 30.3 Å². The Morgan fingerprint density at radius 2 is 1.65 bits per heavy atom. The Balaban J connectivity index is 1.54. The van der Waals surface area contributed by atoms with Crippen molar-refractivity contribution in [2.45, 2.75) is 78.1 Å². The fourth-order valence-corrected chi connectivity index (χ4v) is 5.83. The molecule has 0 radical (unpaired) electrons. The van der Waals surface area contributed by atoms with Crippen molar-refractivity contribution in [1.29, 1.82) is 0 Å². The fourth-order valence-electron chi connectivity index (χ4n) is 5.83. The van der Waals surface area contributed by atoms with Crippen LogP contribution in [-0.2, 0) is 23.9 Å². The molecule has 4 rings (SSSR count). The van der Waals surface area contributed by atoms with E-state index in [1.165, 1.54) is 20.8 Å². The highest BCUT2D eigenvalue weighted by molar-refractivity contribution is 6.00. The number of nitrogens with one attached hydrogen (secondary N) is 2. The van der Waals surface area contributed by atoms with Gasteiger partial charge in [-0.25, -0.2) is 9.78 Å². The molecule has 2 fully saturated rings. The van der Waals surface area contributed by atoms with Crippen molar-refractivity contribution in [3.05, 3.63) is 35.5 Å². The first kappa shape index (κ1) is 35.9. The first-order valence-corrected chi connectivity index (χ1v) is 16.2. The monoisotopic (exact) mass is 668 g/mol. The van der Waals surface area contributed by atoms with Gasteiger partial charge in [0.15, 0.2) is 6.10 Å². The number of ether oxygens (including phenoxy) is 2. The molecule has 0 saturated carbocycles. The van der Waals surface area contributed by atoms with Gasteiger partial charge < -0.3 is 39.9 Å². The van der Waals surface area contributed by atoms with Gasteiger partial charge in [-0.05, 0) is 65.2 Å². The second kappa shape index (κ2) is 15.8. The summed E-state index contributed by atoms with van der Waals surface area (Å²) < 4.78 is 11.2. The number of fused-ring (bicyclic) bond motifs is 1. The van der Waals surface area contributed by atoms with E-state index >= 15 is 0 Å². The van der Waals surface area contributed by atoms with E-state index in [1.54, 1.807) is 26.0 Å². The highest BCUT2D eigenvalue weighted by Gasteiger charge is 2.37. The van der Waals surface area contributed by atoms with Gasteiger partial charge in [-0.3, -0.25) is 24.0 Å². The second-order valence-electron chi connectivity index (χ2n) is 12.3. The number of pyridine rings is 1. The number of rotatable bonds is 11. The van der Waals surface area contributed by atoms with E-state index in [9.17, 15) is 33.9 Å². The number of aliphatic carboxylic acids is 1. The molecular formula is C33H44N6O9.